The van der Waals surface area contributed by atoms with E-state index in [2.05, 4.69) is 4.72 Å². The Morgan fingerprint density at radius 3 is 2.37 bits per heavy atom. The van der Waals surface area contributed by atoms with E-state index in [1.807, 2.05) is 31.2 Å². The van der Waals surface area contributed by atoms with E-state index < -0.39 is 30.8 Å². The molecule has 1 fully saturated rings. The van der Waals surface area contributed by atoms with Gasteiger partial charge >= 0.3 is 0 Å². The van der Waals surface area contributed by atoms with Crippen LogP contribution in [-0.2, 0) is 26.6 Å². The third kappa shape index (κ3) is 4.85. The zero-order chi connectivity index (χ0) is 19.8. The summed E-state index contributed by atoms with van der Waals surface area (Å²) < 4.78 is 66.7. The van der Waals surface area contributed by atoms with E-state index in [4.69, 9.17) is 0 Å². The minimum atomic E-state index is -4.06. The van der Waals surface area contributed by atoms with Crippen LogP contribution in [0.5, 0.6) is 0 Å². The lowest BCUT2D eigenvalue weighted by Gasteiger charge is -2.22. The van der Waals surface area contributed by atoms with Gasteiger partial charge in [0.15, 0.2) is 0 Å². The summed E-state index contributed by atoms with van der Waals surface area (Å²) in [7, 11) is -7.64. The lowest BCUT2D eigenvalue weighted by atomic mass is 10.1. The highest BCUT2D eigenvalue weighted by Gasteiger charge is 2.39. The highest BCUT2D eigenvalue weighted by Crippen LogP contribution is 2.34. The average molecular weight is 413 g/mol. The van der Waals surface area contributed by atoms with Crippen LogP contribution in [0.1, 0.15) is 24.0 Å². The van der Waals surface area contributed by atoms with Crippen molar-refractivity contribution < 1.29 is 21.2 Å². The molecule has 146 valence electrons. The summed E-state index contributed by atoms with van der Waals surface area (Å²) in [5, 5.41) is 0. The smallest absolute Gasteiger partial charge is 0.246 e. The van der Waals surface area contributed by atoms with Crippen LogP contribution in [0.25, 0.3) is 0 Å². The summed E-state index contributed by atoms with van der Waals surface area (Å²) in [6.45, 7) is 2.09. The molecule has 1 saturated carbocycles. The molecule has 0 spiro atoms. The van der Waals surface area contributed by atoms with Gasteiger partial charge in [0, 0.05) is 12.6 Å². The molecule has 0 amide bonds. The predicted octanol–water partition coefficient (Wildman–Crippen LogP) is 2.86. The van der Waals surface area contributed by atoms with Gasteiger partial charge in [-0.25, -0.2) is 21.2 Å². The highest BCUT2D eigenvalue weighted by molar-refractivity contribution is 7.92. The van der Waals surface area contributed by atoms with Crippen molar-refractivity contribution in [1.82, 2.24) is 4.31 Å². The summed E-state index contributed by atoms with van der Waals surface area (Å²) in [5.74, 6) is -0.987. The van der Waals surface area contributed by atoms with Crippen LogP contribution in [0.2, 0.25) is 0 Å². The molecule has 0 atom stereocenters. The minimum Gasteiger partial charge on any atom is -0.284 e. The van der Waals surface area contributed by atoms with Gasteiger partial charge in [-0.3, -0.25) is 4.72 Å². The molecular weight excluding hydrogens is 391 g/mol. The van der Waals surface area contributed by atoms with E-state index in [1.165, 1.54) is 10.4 Å². The Labute approximate surface area is 159 Å². The van der Waals surface area contributed by atoms with Crippen LogP contribution in [0.4, 0.5) is 10.1 Å². The Kier molecular flexibility index (Phi) is 5.29. The molecule has 6 nitrogen and oxygen atoms in total. The van der Waals surface area contributed by atoms with Gasteiger partial charge in [0.05, 0.1) is 11.9 Å². The molecule has 0 saturated heterocycles. The van der Waals surface area contributed by atoms with Crippen LogP contribution < -0.4 is 4.72 Å². The molecule has 1 aliphatic rings. The fourth-order valence-electron chi connectivity index (χ4n) is 2.88. The molecule has 0 aliphatic heterocycles. The third-order valence-electron chi connectivity index (χ3n) is 4.20. The lowest BCUT2D eigenvalue weighted by Crippen LogP contribution is -2.33. The number of sulfonamides is 2. The van der Waals surface area contributed by atoms with Crippen LogP contribution in [0, 0.1) is 12.7 Å². The predicted molar refractivity (Wildman–Crippen MR) is 102 cm³/mol. The summed E-state index contributed by atoms with van der Waals surface area (Å²) in [6.07, 6.45) is 2.41. The number of hydrogen-bond acceptors (Lipinski definition) is 4. The molecule has 2 aromatic carbocycles. The van der Waals surface area contributed by atoms with Gasteiger partial charge in [0.2, 0.25) is 20.0 Å². The minimum absolute atomic E-state index is 0.0226. The van der Waals surface area contributed by atoms with E-state index in [0.29, 0.717) is 0 Å². The zero-order valence-electron chi connectivity index (χ0n) is 15.0. The Bertz CT molecular complexity index is 1060. The van der Waals surface area contributed by atoms with E-state index in [-0.39, 0.29) is 18.3 Å². The van der Waals surface area contributed by atoms with Gasteiger partial charge in [-0.15, -0.1) is 0 Å². The van der Waals surface area contributed by atoms with Crippen LogP contribution in [0.3, 0.4) is 0 Å². The maximum Gasteiger partial charge on any atom is 0.246 e. The molecule has 9 heteroatoms. The number of halogens is 1. The largest absolute Gasteiger partial charge is 0.284 e. The average Bonchev–Trinajstić information content (AvgIpc) is 3.35. The number of anilines is 1. The summed E-state index contributed by atoms with van der Waals surface area (Å²) >= 11 is 0. The molecule has 0 heterocycles. The first-order chi connectivity index (χ1) is 12.6. The van der Waals surface area contributed by atoms with Gasteiger partial charge in [-0.1, -0.05) is 29.8 Å². The van der Waals surface area contributed by atoms with Gasteiger partial charge in [0.25, 0.3) is 0 Å². The van der Waals surface area contributed by atoms with Crippen LogP contribution in [0.15, 0.2) is 47.4 Å². The summed E-state index contributed by atoms with van der Waals surface area (Å²) in [6, 6.07) is 10.6. The van der Waals surface area contributed by atoms with Crippen molar-refractivity contribution in [3.8, 4) is 0 Å². The Hall–Kier alpha value is -1.97. The number of hydrogen-bond donors (Lipinski definition) is 1. The lowest BCUT2D eigenvalue weighted by molar-refractivity contribution is 0.395. The molecule has 0 unspecified atom stereocenters. The quantitative estimate of drug-likeness (QED) is 0.758. The van der Waals surface area contributed by atoms with Gasteiger partial charge in [-0.05, 0) is 43.5 Å². The topological polar surface area (TPSA) is 83.6 Å². The van der Waals surface area contributed by atoms with Crippen molar-refractivity contribution >= 4 is 25.7 Å². The molecule has 0 aromatic heterocycles. The number of nitrogens with one attached hydrogen (secondary N) is 1. The molecule has 0 radical (unpaired) electrons. The second kappa shape index (κ2) is 7.21. The Morgan fingerprint density at radius 1 is 1.11 bits per heavy atom. The third-order valence-corrected chi connectivity index (χ3v) is 6.73. The molecular formula is C18H21FN2O4S2. The molecule has 1 N–H and O–H groups in total. The van der Waals surface area contributed by atoms with Crippen molar-refractivity contribution in [3.05, 3.63) is 59.4 Å². The van der Waals surface area contributed by atoms with E-state index in [1.54, 1.807) is 0 Å². The van der Waals surface area contributed by atoms with Crippen molar-refractivity contribution in [2.75, 3.05) is 11.0 Å². The van der Waals surface area contributed by atoms with Gasteiger partial charge in [-0.2, -0.15) is 4.31 Å². The van der Waals surface area contributed by atoms with E-state index >= 15 is 0 Å². The first-order valence-electron chi connectivity index (χ1n) is 8.41. The van der Waals surface area contributed by atoms with Crippen molar-refractivity contribution in [2.24, 2.45) is 0 Å². The SMILES string of the molecule is Cc1cccc(CN(C2CC2)S(=O)(=O)c2ccc(NS(C)(=O)=O)cc2F)c1. The van der Waals surface area contributed by atoms with Crippen molar-refractivity contribution in [3.63, 3.8) is 0 Å². The normalized spacial score (nSPS) is 15.1. The summed E-state index contributed by atoms with van der Waals surface area (Å²) in [4.78, 5) is -0.457. The second-order valence-corrected chi connectivity index (χ2v) is 10.4. The number of rotatable bonds is 7. The maximum atomic E-state index is 14.5. The fraction of sp³-hybridized carbons (Fsp3) is 0.333. The van der Waals surface area contributed by atoms with E-state index in [0.717, 1.165) is 42.4 Å². The first-order valence-corrected chi connectivity index (χ1v) is 11.7. The summed E-state index contributed by atoms with van der Waals surface area (Å²) in [5.41, 5.74) is 1.83. The van der Waals surface area contributed by atoms with Gasteiger partial charge < -0.3 is 0 Å². The molecule has 27 heavy (non-hydrogen) atoms. The van der Waals surface area contributed by atoms with Crippen LogP contribution >= 0.6 is 0 Å². The molecule has 1 aliphatic carbocycles. The fourth-order valence-corrected chi connectivity index (χ4v) is 5.15. The number of aryl methyl sites for hydroxylation is 1. The van der Waals surface area contributed by atoms with E-state index in [9.17, 15) is 21.2 Å². The number of benzene rings is 2. The van der Waals surface area contributed by atoms with Crippen molar-refractivity contribution in [2.45, 2.75) is 37.2 Å². The van der Waals surface area contributed by atoms with Crippen LogP contribution in [-0.4, -0.2) is 33.4 Å². The maximum absolute atomic E-state index is 14.5. The first kappa shape index (κ1) is 19.8. The molecule has 2 aromatic rings. The highest BCUT2D eigenvalue weighted by atomic mass is 32.2. The number of nitrogens with zero attached hydrogens (tertiary/aromatic N) is 1. The Morgan fingerprint density at radius 2 is 1.81 bits per heavy atom. The standard InChI is InChI=1S/C18H21FN2O4S2/c1-13-4-3-5-14(10-13)12-21(16-7-8-16)27(24,25)18-9-6-15(11-17(18)19)20-26(2,22)23/h3-6,9-11,16,20H,7-8,12H2,1-2H3. The zero-order valence-corrected chi connectivity index (χ0v) is 16.6. The molecule has 3 rings (SSSR count). The second-order valence-electron chi connectivity index (χ2n) is 6.79. The monoisotopic (exact) mass is 412 g/mol. The van der Waals surface area contributed by atoms with Gasteiger partial charge in [0.1, 0.15) is 10.7 Å². The Balaban J connectivity index is 1.93. The molecule has 0 bridgehead atoms. The van der Waals surface area contributed by atoms with Crippen molar-refractivity contribution in [1.29, 1.82) is 0 Å².